The standard InChI is InChI=1S/C14H20O3/c15-13-8-10-17-14(13)7-4-9-16-11-12-5-2-1-3-6-12/h1-3,5-6,13-15H,4,7-11H2/t13-,14+/m0/s1. The Kier molecular flexibility index (Phi) is 4.98. The largest absolute Gasteiger partial charge is 0.390 e. The quantitative estimate of drug-likeness (QED) is 0.769. The number of ether oxygens (including phenoxy) is 2. The molecule has 2 rings (SSSR count). The number of aliphatic hydroxyl groups excluding tert-OH is 1. The van der Waals surface area contributed by atoms with Crippen molar-refractivity contribution in [1.82, 2.24) is 0 Å². The minimum Gasteiger partial charge on any atom is -0.390 e. The molecule has 0 spiro atoms. The van der Waals surface area contributed by atoms with Gasteiger partial charge < -0.3 is 14.6 Å². The third-order valence-corrected chi connectivity index (χ3v) is 3.06. The van der Waals surface area contributed by atoms with Crippen molar-refractivity contribution in [2.24, 2.45) is 0 Å². The van der Waals surface area contributed by atoms with E-state index >= 15 is 0 Å². The van der Waals surface area contributed by atoms with Crippen LogP contribution in [-0.4, -0.2) is 30.5 Å². The molecule has 0 saturated carbocycles. The van der Waals surface area contributed by atoms with Crippen LogP contribution in [0.15, 0.2) is 30.3 Å². The van der Waals surface area contributed by atoms with Gasteiger partial charge in [-0.15, -0.1) is 0 Å². The van der Waals surface area contributed by atoms with Gasteiger partial charge in [0.25, 0.3) is 0 Å². The lowest BCUT2D eigenvalue weighted by Crippen LogP contribution is -2.20. The van der Waals surface area contributed by atoms with Gasteiger partial charge >= 0.3 is 0 Å². The summed E-state index contributed by atoms with van der Waals surface area (Å²) >= 11 is 0. The fraction of sp³-hybridized carbons (Fsp3) is 0.571. The van der Waals surface area contributed by atoms with Gasteiger partial charge in [-0.05, 0) is 24.8 Å². The molecular weight excluding hydrogens is 216 g/mol. The molecule has 3 heteroatoms. The smallest absolute Gasteiger partial charge is 0.0835 e. The summed E-state index contributed by atoms with van der Waals surface area (Å²) in [5.74, 6) is 0. The molecule has 0 amide bonds. The van der Waals surface area contributed by atoms with E-state index in [-0.39, 0.29) is 12.2 Å². The Bertz CT molecular complexity index is 313. The minimum absolute atomic E-state index is 0.0234. The maximum absolute atomic E-state index is 9.56. The second-order valence-corrected chi connectivity index (χ2v) is 4.45. The van der Waals surface area contributed by atoms with E-state index in [0.717, 1.165) is 25.9 Å². The predicted octanol–water partition coefficient (Wildman–Crippen LogP) is 2.13. The maximum atomic E-state index is 9.56. The summed E-state index contributed by atoms with van der Waals surface area (Å²) in [6, 6.07) is 10.2. The Morgan fingerprint density at radius 2 is 2.12 bits per heavy atom. The average molecular weight is 236 g/mol. The van der Waals surface area contributed by atoms with Gasteiger partial charge in [0.1, 0.15) is 0 Å². The highest BCUT2D eigenvalue weighted by atomic mass is 16.5. The van der Waals surface area contributed by atoms with Gasteiger partial charge in [-0.3, -0.25) is 0 Å². The maximum Gasteiger partial charge on any atom is 0.0835 e. The van der Waals surface area contributed by atoms with E-state index in [1.54, 1.807) is 0 Å². The van der Waals surface area contributed by atoms with E-state index < -0.39 is 0 Å². The third-order valence-electron chi connectivity index (χ3n) is 3.06. The number of rotatable bonds is 6. The molecular formula is C14H20O3. The molecule has 1 aromatic carbocycles. The number of hydrogen-bond acceptors (Lipinski definition) is 3. The fourth-order valence-corrected chi connectivity index (χ4v) is 2.06. The van der Waals surface area contributed by atoms with Crippen molar-refractivity contribution in [1.29, 1.82) is 0 Å². The van der Waals surface area contributed by atoms with Crippen molar-refractivity contribution in [2.45, 2.75) is 38.1 Å². The van der Waals surface area contributed by atoms with Crippen molar-refractivity contribution < 1.29 is 14.6 Å². The molecule has 0 aromatic heterocycles. The van der Waals surface area contributed by atoms with Gasteiger partial charge in [0, 0.05) is 13.2 Å². The first kappa shape index (κ1) is 12.6. The Morgan fingerprint density at radius 3 is 2.82 bits per heavy atom. The van der Waals surface area contributed by atoms with Gasteiger partial charge in [-0.1, -0.05) is 30.3 Å². The van der Waals surface area contributed by atoms with E-state index in [4.69, 9.17) is 9.47 Å². The Balaban J connectivity index is 1.55. The Morgan fingerprint density at radius 1 is 1.29 bits per heavy atom. The fourth-order valence-electron chi connectivity index (χ4n) is 2.06. The van der Waals surface area contributed by atoms with Crippen LogP contribution in [0.5, 0.6) is 0 Å². The molecule has 1 saturated heterocycles. The average Bonchev–Trinajstić information content (AvgIpc) is 2.76. The molecule has 1 N–H and O–H groups in total. The molecule has 94 valence electrons. The molecule has 0 radical (unpaired) electrons. The van der Waals surface area contributed by atoms with E-state index in [0.29, 0.717) is 13.2 Å². The topological polar surface area (TPSA) is 38.7 Å². The molecule has 1 fully saturated rings. The van der Waals surface area contributed by atoms with Crippen LogP contribution in [0.3, 0.4) is 0 Å². The molecule has 0 bridgehead atoms. The highest BCUT2D eigenvalue weighted by molar-refractivity contribution is 5.13. The van der Waals surface area contributed by atoms with E-state index in [1.165, 1.54) is 5.56 Å². The molecule has 1 aromatic rings. The summed E-state index contributed by atoms with van der Waals surface area (Å²) in [6.45, 7) is 2.08. The zero-order chi connectivity index (χ0) is 11.9. The molecule has 17 heavy (non-hydrogen) atoms. The van der Waals surface area contributed by atoms with Crippen molar-refractivity contribution in [3.8, 4) is 0 Å². The summed E-state index contributed by atoms with van der Waals surface area (Å²) in [6.07, 6.45) is 2.35. The monoisotopic (exact) mass is 236 g/mol. The first-order valence-electron chi connectivity index (χ1n) is 6.27. The van der Waals surface area contributed by atoms with Crippen LogP contribution in [0.1, 0.15) is 24.8 Å². The van der Waals surface area contributed by atoms with Crippen molar-refractivity contribution in [2.75, 3.05) is 13.2 Å². The van der Waals surface area contributed by atoms with Crippen molar-refractivity contribution >= 4 is 0 Å². The molecule has 1 aliphatic rings. The summed E-state index contributed by atoms with van der Waals surface area (Å²) in [5.41, 5.74) is 1.20. The van der Waals surface area contributed by atoms with Crippen LogP contribution < -0.4 is 0 Å². The van der Waals surface area contributed by atoms with Crippen LogP contribution in [0, 0.1) is 0 Å². The number of hydrogen-bond donors (Lipinski definition) is 1. The predicted molar refractivity (Wildman–Crippen MR) is 65.7 cm³/mol. The highest BCUT2D eigenvalue weighted by Crippen LogP contribution is 2.17. The molecule has 2 atom stereocenters. The molecule has 3 nitrogen and oxygen atoms in total. The highest BCUT2D eigenvalue weighted by Gasteiger charge is 2.25. The van der Waals surface area contributed by atoms with Crippen LogP contribution in [-0.2, 0) is 16.1 Å². The van der Waals surface area contributed by atoms with Crippen LogP contribution in [0.4, 0.5) is 0 Å². The Labute approximate surface area is 102 Å². The lowest BCUT2D eigenvalue weighted by atomic mass is 10.1. The zero-order valence-corrected chi connectivity index (χ0v) is 10.0. The summed E-state index contributed by atoms with van der Waals surface area (Å²) in [4.78, 5) is 0. The van der Waals surface area contributed by atoms with E-state index in [2.05, 4.69) is 12.1 Å². The Hall–Kier alpha value is -0.900. The molecule has 0 aliphatic carbocycles. The third kappa shape index (κ3) is 4.11. The van der Waals surface area contributed by atoms with Crippen LogP contribution >= 0.6 is 0 Å². The summed E-state index contributed by atoms with van der Waals surface area (Å²) < 4.78 is 11.0. The lowest BCUT2D eigenvalue weighted by Gasteiger charge is -2.13. The summed E-state index contributed by atoms with van der Waals surface area (Å²) in [7, 11) is 0. The van der Waals surface area contributed by atoms with Crippen molar-refractivity contribution in [3.05, 3.63) is 35.9 Å². The first-order chi connectivity index (χ1) is 8.36. The summed E-state index contributed by atoms with van der Waals surface area (Å²) in [5, 5.41) is 9.56. The van der Waals surface area contributed by atoms with Crippen molar-refractivity contribution in [3.63, 3.8) is 0 Å². The van der Waals surface area contributed by atoms with E-state index in [9.17, 15) is 5.11 Å². The van der Waals surface area contributed by atoms with Crippen LogP contribution in [0.2, 0.25) is 0 Å². The van der Waals surface area contributed by atoms with Crippen LogP contribution in [0.25, 0.3) is 0 Å². The van der Waals surface area contributed by atoms with E-state index in [1.807, 2.05) is 18.2 Å². The minimum atomic E-state index is -0.274. The second-order valence-electron chi connectivity index (χ2n) is 4.45. The second kappa shape index (κ2) is 6.74. The molecule has 1 aliphatic heterocycles. The normalized spacial score (nSPS) is 24.1. The molecule has 0 unspecified atom stereocenters. The molecule has 1 heterocycles. The van der Waals surface area contributed by atoms with Gasteiger partial charge in [-0.2, -0.15) is 0 Å². The number of benzene rings is 1. The van der Waals surface area contributed by atoms with Gasteiger partial charge in [0.05, 0.1) is 18.8 Å². The van der Waals surface area contributed by atoms with Gasteiger partial charge in [0.2, 0.25) is 0 Å². The van der Waals surface area contributed by atoms with Gasteiger partial charge in [-0.25, -0.2) is 0 Å². The number of aliphatic hydroxyl groups is 1. The zero-order valence-electron chi connectivity index (χ0n) is 10.0. The lowest BCUT2D eigenvalue weighted by molar-refractivity contribution is 0.0267. The first-order valence-corrected chi connectivity index (χ1v) is 6.27. The SMILES string of the molecule is O[C@H]1CCO[C@@H]1CCCOCc1ccccc1. The van der Waals surface area contributed by atoms with Gasteiger partial charge in [0.15, 0.2) is 0 Å².